The first kappa shape index (κ1) is 16.0. The van der Waals surface area contributed by atoms with Crippen molar-refractivity contribution in [3.63, 3.8) is 0 Å². The van der Waals surface area contributed by atoms with Gasteiger partial charge in [0, 0.05) is 12.1 Å². The molecular formula is C16H34N2. The van der Waals surface area contributed by atoms with Crippen molar-refractivity contribution in [3.8, 4) is 0 Å². The van der Waals surface area contributed by atoms with Gasteiger partial charge in [0.15, 0.2) is 0 Å². The zero-order valence-corrected chi connectivity index (χ0v) is 13.3. The molecule has 1 rings (SSSR count). The molecule has 1 N–H and O–H groups in total. The van der Waals surface area contributed by atoms with Crippen molar-refractivity contribution < 1.29 is 0 Å². The van der Waals surface area contributed by atoms with E-state index in [2.05, 4.69) is 45.0 Å². The number of rotatable bonds is 7. The monoisotopic (exact) mass is 254 g/mol. The van der Waals surface area contributed by atoms with E-state index in [0.717, 1.165) is 6.04 Å². The van der Waals surface area contributed by atoms with Crippen molar-refractivity contribution in [3.05, 3.63) is 0 Å². The molecule has 2 nitrogen and oxygen atoms in total. The molecule has 0 aromatic heterocycles. The van der Waals surface area contributed by atoms with E-state index in [9.17, 15) is 0 Å². The number of unbranched alkanes of at least 4 members (excludes halogenated alkanes) is 1. The Morgan fingerprint density at radius 3 is 2.33 bits per heavy atom. The van der Waals surface area contributed by atoms with Gasteiger partial charge >= 0.3 is 0 Å². The molecule has 0 atom stereocenters. The average Bonchev–Trinajstić information content (AvgIpc) is 2.30. The predicted molar refractivity (Wildman–Crippen MR) is 81.0 cm³/mol. The van der Waals surface area contributed by atoms with Crippen LogP contribution in [0, 0.1) is 5.41 Å². The highest BCUT2D eigenvalue weighted by Crippen LogP contribution is 2.34. The Hall–Kier alpha value is -0.0800. The number of hydrogen-bond acceptors (Lipinski definition) is 2. The van der Waals surface area contributed by atoms with Gasteiger partial charge in [-0.3, -0.25) is 0 Å². The Bertz CT molecular complexity index is 213. The van der Waals surface area contributed by atoms with Gasteiger partial charge in [0.05, 0.1) is 0 Å². The molecular weight excluding hydrogens is 220 g/mol. The second kappa shape index (κ2) is 7.49. The highest BCUT2D eigenvalue weighted by Gasteiger charge is 2.26. The fraction of sp³-hybridized carbons (Fsp3) is 1.00. The summed E-state index contributed by atoms with van der Waals surface area (Å²) < 4.78 is 0. The van der Waals surface area contributed by atoms with Gasteiger partial charge in [0.1, 0.15) is 0 Å². The zero-order valence-electron chi connectivity index (χ0n) is 13.3. The van der Waals surface area contributed by atoms with Gasteiger partial charge in [-0.25, -0.2) is 0 Å². The molecule has 1 saturated carbocycles. The largest absolute Gasteiger partial charge is 0.314 e. The summed E-state index contributed by atoms with van der Waals surface area (Å²) in [7, 11) is 2.22. The lowest BCUT2D eigenvalue weighted by Gasteiger charge is -2.34. The Morgan fingerprint density at radius 1 is 1.17 bits per heavy atom. The summed E-state index contributed by atoms with van der Waals surface area (Å²) in [5.74, 6) is 0. The molecule has 1 aliphatic carbocycles. The van der Waals surface area contributed by atoms with Crippen LogP contribution in [-0.2, 0) is 0 Å². The first-order chi connectivity index (χ1) is 8.41. The Balaban J connectivity index is 1.99. The van der Waals surface area contributed by atoms with Crippen LogP contribution in [0.25, 0.3) is 0 Å². The van der Waals surface area contributed by atoms with Gasteiger partial charge < -0.3 is 10.2 Å². The van der Waals surface area contributed by atoms with Crippen molar-refractivity contribution in [1.29, 1.82) is 0 Å². The van der Waals surface area contributed by atoms with Crippen LogP contribution in [0.5, 0.6) is 0 Å². The Kier molecular flexibility index (Phi) is 6.65. The van der Waals surface area contributed by atoms with E-state index >= 15 is 0 Å². The highest BCUT2D eigenvalue weighted by molar-refractivity contribution is 4.81. The number of hydrogen-bond donors (Lipinski definition) is 1. The Morgan fingerprint density at radius 2 is 1.78 bits per heavy atom. The van der Waals surface area contributed by atoms with Gasteiger partial charge in [-0.15, -0.1) is 0 Å². The molecule has 1 fully saturated rings. The van der Waals surface area contributed by atoms with Crippen LogP contribution >= 0.6 is 0 Å². The summed E-state index contributed by atoms with van der Waals surface area (Å²) in [5, 5.41) is 3.74. The fourth-order valence-electron chi connectivity index (χ4n) is 2.65. The first-order valence-electron chi connectivity index (χ1n) is 7.84. The van der Waals surface area contributed by atoms with Crippen LogP contribution in [0.2, 0.25) is 0 Å². The quantitative estimate of drug-likeness (QED) is 0.697. The average molecular weight is 254 g/mol. The highest BCUT2D eigenvalue weighted by atomic mass is 15.1. The molecule has 0 amide bonds. The molecule has 0 radical (unpaired) electrons. The number of nitrogens with one attached hydrogen (secondary N) is 1. The van der Waals surface area contributed by atoms with E-state index in [1.165, 1.54) is 51.6 Å². The Labute approximate surface area is 115 Å². The zero-order chi connectivity index (χ0) is 13.6. The molecule has 108 valence electrons. The molecule has 1 aliphatic rings. The van der Waals surface area contributed by atoms with Crippen LogP contribution in [0.15, 0.2) is 0 Å². The molecule has 0 aliphatic heterocycles. The fourth-order valence-corrected chi connectivity index (χ4v) is 2.65. The van der Waals surface area contributed by atoms with Gasteiger partial charge in [-0.05, 0) is 77.9 Å². The molecule has 18 heavy (non-hydrogen) atoms. The van der Waals surface area contributed by atoms with Crippen LogP contribution in [0.4, 0.5) is 0 Å². The molecule has 0 spiro atoms. The van der Waals surface area contributed by atoms with Crippen molar-refractivity contribution in [2.75, 3.05) is 20.1 Å². The van der Waals surface area contributed by atoms with E-state index < -0.39 is 0 Å². The van der Waals surface area contributed by atoms with Gasteiger partial charge in [0.25, 0.3) is 0 Å². The summed E-state index contributed by atoms with van der Waals surface area (Å²) in [4.78, 5) is 2.43. The van der Waals surface area contributed by atoms with Gasteiger partial charge in [-0.2, -0.15) is 0 Å². The van der Waals surface area contributed by atoms with E-state index in [1.807, 2.05) is 0 Å². The lowest BCUT2D eigenvalue weighted by Crippen LogP contribution is -2.36. The standard InChI is InChI=1S/C16H34N2/c1-14(2)18(5)13-7-6-12-17-15-8-10-16(3,4)11-9-15/h14-15,17H,6-13H2,1-5H3. The van der Waals surface area contributed by atoms with E-state index in [4.69, 9.17) is 0 Å². The molecule has 0 saturated heterocycles. The van der Waals surface area contributed by atoms with Crippen LogP contribution in [0.1, 0.15) is 66.2 Å². The molecule has 0 aromatic carbocycles. The minimum absolute atomic E-state index is 0.595. The maximum atomic E-state index is 3.74. The molecule has 0 aromatic rings. The second-order valence-corrected chi connectivity index (χ2v) is 7.17. The summed E-state index contributed by atoms with van der Waals surface area (Å²) in [6.07, 6.45) is 8.16. The summed E-state index contributed by atoms with van der Waals surface area (Å²) in [6, 6.07) is 1.47. The summed E-state index contributed by atoms with van der Waals surface area (Å²) >= 11 is 0. The molecule has 2 heteroatoms. The normalized spacial score (nSPS) is 20.8. The number of nitrogens with zero attached hydrogens (tertiary/aromatic N) is 1. The molecule has 0 unspecified atom stereocenters. The molecule has 0 bridgehead atoms. The maximum absolute atomic E-state index is 3.74. The summed E-state index contributed by atoms with van der Waals surface area (Å²) in [5.41, 5.74) is 0.595. The predicted octanol–water partition coefficient (Wildman–Crippen LogP) is 3.67. The van der Waals surface area contributed by atoms with E-state index in [-0.39, 0.29) is 0 Å². The third kappa shape index (κ3) is 6.19. The van der Waals surface area contributed by atoms with Gasteiger partial charge in [-0.1, -0.05) is 13.8 Å². The third-order valence-corrected chi connectivity index (χ3v) is 4.59. The minimum Gasteiger partial charge on any atom is -0.314 e. The summed E-state index contributed by atoms with van der Waals surface area (Å²) in [6.45, 7) is 11.8. The van der Waals surface area contributed by atoms with Crippen LogP contribution in [0.3, 0.4) is 0 Å². The van der Waals surface area contributed by atoms with Crippen molar-refractivity contribution in [2.24, 2.45) is 5.41 Å². The van der Waals surface area contributed by atoms with Crippen molar-refractivity contribution in [1.82, 2.24) is 10.2 Å². The van der Waals surface area contributed by atoms with Crippen LogP contribution < -0.4 is 5.32 Å². The minimum atomic E-state index is 0.595. The van der Waals surface area contributed by atoms with Crippen molar-refractivity contribution >= 4 is 0 Å². The topological polar surface area (TPSA) is 15.3 Å². The third-order valence-electron chi connectivity index (χ3n) is 4.59. The van der Waals surface area contributed by atoms with Gasteiger partial charge in [0.2, 0.25) is 0 Å². The molecule has 0 heterocycles. The smallest absolute Gasteiger partial charge is 0.00674 e. The van der Waals surface area contributed by atoms with Crippen molar-refractivity contribution in [2.45, 2.75) is 78.3 Å². The maximum Gasteiger partial charge on any atom is 0.00674 e. The van der Waals surface area contributed by atoms with E-state index in [1.54, 1.807) is 0 Å². The second-order valence-electron chi connectivity index (χ2n) is 7.17. The lowest BCUT2D eigenvalue weighted by molar-refractivity contribution is 0.205. The SMILES string of the molecule is CC(C)N(C)CCCCNC1CCC(C)(C)CC1. The van der Waals surface area contributed by atoms with E-state index in [0.29, 0.717) is 11.5 Å². The lowest BCUT2D eigenvalue weighted by atomic mass is 9.75. The van der Waals surface area contributed by atoms with Crippen LogP contribution in [-0.4, -0.2) is 37.1 Å². The first-order valence-corrected chi connectivity index (χ1v) is 7.84.